The molecule has 1 aromatic carbocycles. The molecule has 0 saturated heterocycles. The SMILES string of the molecule is CN1CC(C#N)=CN(c2cccc(C(F)(F)F)c2)C1=O.[Ar]. The van der Waals surface area contributed by atoms with Gasteiger partial charge in [0.05, 0.1) is 29.4 Å². The molecular weight excluding hydrogens is 311 g/mol. The average molecular weight is 321 g/mol. The molecule has 0 unspecified atom stereocenters. The molecule has 2 rings (SSSR count). The monoisotopic (exact) mass is 321 g/mol. The maximum absolute atomic E-state index is 12.7. The predicted molar refractivity (Wildman–Crippen MR) is 65.6 cm³/mol. The molecule has 1 aromatic rings. The molecular formula is C13H10ArF3N3O. The van der Waals surface area contributed by atoms with Gasteiger partial charge in [-0.2, -0.15) is 18.4 Å². The Morgan fingerprint density at radius 1 is 1.33 bits per heavy atom. The summed E-state index contributed by atoms with van der Waals surface area (Å²) in [6.07, 6.45) is -3.22. The van der Waals surface area contributed by atoms with Crippen molar-refractivity contribution in [1.29, 1.82) is 5.26 Å². The first-order valence-electron chi connectivity index (χ1n) is 5.65. The summed E-state index contributed by atoms with van der Waals surface area (Å²) in [6.45, 7) is 0.144. The van der Waals surface area contributed by atoms with Crippen LogP contribution >= 0.6 is 0 Å². The Hall–Kier alpha value is -1.23. The molecule has 2 amide bonds. The minimum Gasteiger partial charge on any atom is -0.322 e. The first-order chi connectivity index (χ1) is 9.32. The summed E-state index contributed by atoms with van der Waals surface area (Å²) in [5.41, 5.74) is -0.475. The second kappa shape index (κ2) is 6.69. The topological polar surface area (TPSA) is 47.3 Å². The van der Waals surface area contributed by atoms with E-state index in [-0.39, 0.29) is 50.0 Å². The number of carbonyl (C=O) groups is 1. The van der Waals surface area contributed by atoms with Crippen molar-refractivity contribution in [2.75, 3.05) is 18.5 Å². The summed E-state index contributed by atoms with van der Waals surface area (Å²) >= 11 is 0. The van der Waals surface area contributed by atoms with Crippen molar-refractivity contribution in [2.45, 2.75) is 6.18 Å². The molecule has 0 bridgehead atoms. The van der Waals surface area contributed by atoms with Crippen molar-refractivity contribution in [3.63, 3.8) is 0 Å². The maximum Gasteiger partial charge on any atom is 0.416 e. The zero-order valence-electron chi connectivity index (χ0n) is 10.8. The minimum absolute atomic E-state index is 0. The predicted octanol–water partition coefficient (Wildman–Crippen LogP) is 2.98. The number of hydrogen-bond acceptors (Lipinski definition) is 2. The molecule has 1 aliphatic heterocycles. The molecule has 0 saturated carbocycles. The molecule has 21 heavy (non-hydrogen) atoms. The number of halogens is 3. The van der Waals surface area contributed by atoms with Gasteiger partial charge in [0.25, 0.3) is 0 Å². The smallest absolute Gasteiger partial charge is 0.322 e. The van der Waals surface area contributed by atoms with E-state index in [4.69, 9.17) is 5.26 Å². The normalized spacial score (nSPS) is 15.2. The summed E-state index contributed by atoms with van der Waals surface area (Å²) in [5, 5.41) is 8.88. The summed E-state index contributed by atoms with van der Waals surface area (Å²) in [5.74, 6) is 0. The fourth-order valence-corrected chi connectivity index (χ4v) is 1.84. The quantitative estimate of drug-likeness (QED) is 0.798. The zero-order valence-corrected chi connectivity index (χ0v) is 11.5. The van der Waals surface area contributed by atoms with Gasteiger partial charge in [-0.05, 0) is 18.2 Å². The van der Waals surface area contributed by atoms with Crippen molar-refractivity contribution >= 4 is 11.7 Å². The second-order valence-corrected chi connectivity index (χ2v) is 4.32. The van der Waals surface area contributed by atoms with Crippen molar-refractivity contribution in [3.05, 3.63) is 41.6 Å². The van der Waals surface area contributed by atoms with E-state index in [9.17, 15) is 18.0 Å². The number of anilines is 1. The second-order valence-electron chi connectivity index (χ2n) is 4.32. The molecule has 8 heteroatoms. The molecule has 4 nitrogen and oxygen atoms in total. The molecule has 0 fully saturated rings. The summed E-state index contributed by atoms with van der Waals surface area (Å²) in [7, 11) is 1.48. The van der Waals surface area contributed by atoms with E-state index < -0.39 is 17.8 Å². The molecule has 0 aromatic heterocycles. The number of benzene rings is 1. The van der Waals surface area contributed by atoms with E-state index in [1.165, 1.54) is 30.3 Å². The van der Waals surface area contributed by atoms with Crippen LogP contribution in [0.2, 0.25) is 0 Å². The third-order valence-electron chi connectivity index (χ3n) is 2.82. The van der Waals surface area contributed by atoms with E-state index in [0.29, 0.717) is 5.57 Å². The van der Waals surface area contributed by atoms with Gasteiger partial charge in [0.15, 0.2) is 0 Å². The number of amides is 2. The summed E-state index contributed by atoms with van der Waals surface area (Å²) < 4.78 is 38.0. The number of urea groups is 1. The van der Waals surface area contributed by atoms with E-state index in [0.717, 1.165) is 17.0 Å². The number of rotatable bonds is 1. The molecule has 1 aliphatic rings. The third kappa shape index (κ3) is 3.90. The van der Waals surface area contributed by atoms with Crippen molar-refractivity contribution in [3.8, 4) is 6.07 Å². The number of alkyl halides is 3. The van der Waals surface area contributed by atoms with E-state index in [2.05, 4.69) is 0 Å². The van der Waals surface area contributed by atoms with Crippen LogP contribution in [-0.2, 0) is 6.18 Å². The molecule has 0 atom stereocenters. The fraction of sp³-hybridized carbons (Fsp3) is 0.231. The first-order valence-corrected chi connectivity index (χ1v) is 5.65. The van der Waals surface area contributed by atoms with Gasteiger partial charge in [-0.15, -0.1) is 0 Å². The van der Waals surface area contributed by atoms with Crippen LogP contribution in [0.3, 0.4) is 0 Å². The Kier molecular flexibility index (Phi) is 5.68. The maximum atomic E-state index is 12.7. The van der Waals surface area contributed by atoms with E-state index in [1.54, 1.807) is 0 Å². The fourth-order valence-electron chi connectivity index (χ4n) is 1.84. The van der Waals surface area contributed by atoms with Gasteiger partial charge >= 0.3 is 12.2 Å². The van der Waals surface area contributed by atoms with Crippen LogP contribution in [0.25, 0.3) is 0 Å². The minimum atomic E-state index is -4.48. The van der Waals surface area contributed by atoms with Crippen molar-refractivity contribution < 1.29 is 55.7 Å². The standard InChI is InChI=1S/C13H10F3N3O.Ar/c1-18-7-9(6-17)8-19(12(18)20)11-4-2-3-10(5-11)13(14,15)16;/h2-5,8H,7H2,1H3;. The molecule has 112 valence electrons. The van der Waals surface area contributed by atoms with Crippen LogP contribution in [0.4, 0.5) is 23.7 Å². The van der Waals surface area contributed by atoms with Crippen molar-refractivity contribution in [1.82, 2.24) is 4.90 Å². The van der Waals surface area contributed by atoms with Gasteiger partial charge in [0.1, 0.15) is 0 Å². The number of nitriles is 1. The Morgan fingerprint density at radius 3 is 2.57 bits per heavy atom. The summed E-state index contributed by atoms with van der Waals surface area (Å²) in [4.78, 5) is 14.3. The molecule has 0 aliphatic carbocycles. The third-order valence-corrected chi connectivity index (χ3v) is 2.82. The van der Waals surface area contributed by atoms with Crippen molar-refractivity contribution in [2.24, 2.45) is 0 Å². The largest absolute Gasteiger partial charge is 0.416 e. The van der Waals surface area contributed by atoms with Gasteiger partial charge in [0.2, 0.25) is 0 Å². The number of nitrogens with zero attached hydrogens (tertiary/aromatic N) is 3. The number of carbonyl (C=O) groups excluding carboxylic acids is 1. The van der Waals surface area contributed by atoms with Crippen LogP contribution in [0.1, 0.15) is 5.56 Å². The van der Waals surface area contributed by atoms with Crippen LogP contribution in [-0.4, -0.2) is 24.5 Å². The van der Waals surface area contributed by atoms with Crippen LogP contribution < -0.4 is 4.90 Å². The van der Waals surface area contributed by atoms with Crippen LogP contribution in [0.5, 0.6) is 0 Å². The van der Waals surface area contributed by atoms with Crippen LogP contribution in [0, 0.1) is 49.1 Å². The Labute approximate surface area is 149 Å². The van der Waals surface area contributed by atoms with Gasteiger partial charge in [-0.3, -0.25) is 4.90 Å². The Morgan fingerprint density at radius 2 is 2.00 bits per heavy atom. The van der Waals surface area contributed by atoms with Gasteiger partial charge in [-0.25, -0.2) is 4.79 Å². The number of hydrogen-bond donors (Lipinski definition) is 0. The first kappa shape index (κ1) is 17.8. The molecule has 0 radical (unpaired) electrons. The molecule has 1 heterocycles. The Balaban J connectivity index is 0.00000220. The zero-order chi connectivity index (χ0) is 14.9. The van der Waals surface area contributed by atoms with Gasteiger partial charge in [-0.1, -0.05) is 6.07 Å². The average Bonchev–Trinajstić information content (AvgIpc) is 2.41. The van der Waals surface area contributed by atoms with E-state index in [1.807, 2.05) is 6.07 Å². The summed E-state index contributed by atoms with van der Waals surface area (Å²) in [6, 6.07) is 5.83. The number of likely N-dealkylation sites (N-methyl/N-ethyl adjacent to an activating group) is 1. The molecule has 0 spiro atoms. The molecule has 0 N–H and O–H groups in total. The van der Waals surface area contributed by atoms with Crippen LogP contribution in [0.15, 0.2) is 36.0 Å². The van der Waals surface area contributed by atoms with Gasteiger partial charge in [0, 0.05) is 51.0 Å². The Bertz CT molecular complexity index is 622. The van der Waals surface area contributed by atoms with Gasteiger partial charge < -0.3 is 4.90 Å². The van der Waals surface area contributed by atoms with E-state index >= 15 is 0 Å².